The van der Waals surface area contributed by atoms with Crippen LogP contribution in [0.4, 0.5) is 0 Å². The molecule has 2 atom stereocenters. The van der Waals surface area contributed by atoms with Crippen molar-refractivity contribution in [3.8, 4) is 11.4 Å². The molecule has 0 radical (unpaired) electrons. The quantitative estimate of drug-likeness (QED) is 0.924. The SMILES string of the molecule is Cl.c1ccc(-c2noc([C@]34CCC[C@H]3CNC4)n2)cc1. The Morgan fingerprint density at radius 2 is 2.10 bits per heavy atom. The predicted octanol–water partition coefficient (Wildman–Crippen LogP) is 2.80. The van der Waals surface area contributed by atoms with Crippen molar-refractivity contribution >= 4 is 12.4 Å². The Labute approximate surface area is 124 Å². The molecule has 5 heteroatoms. The van der Waals surface area contributed by atoms with Gasteiger partial charge in [0.15, 0.2) is 0 Å². The molecule has 2 fully saturated rings. The fourth-order valence-electron chi connectivity index (χ4n) is 3.63. The molecule has 2 heterocycles. The van der Waals surface area contributed by atoms with Crippen molar-refractivity contribution in [3.63, 3.8) is 0 Å². The monoisotopic (exact) mass is 291 g/mol. The van der Waals surface area contributed by atoms with Crippen molar-refractivity contribution in [1.82, 2.24) is 15.5 Å². The van der Waals surface area contributed by atoms with E-state index in [-0.39, 0.29) is 17.8 Å². The number of halogens is 1. The maximum absolute atomic E-state index is 5.61. The first-order chi connectivity index (χ1) is 9.38. The smallest absolute Gasteiger partial charge is 0.234 e. The van der Waals surface area contributed by atoms with Crippen molar-refractivity contribution in [2.24, 2.45) is 5.92 Å². The molecule has 4 rings (SSSR count). The van der Waals surface area contributed by atoms with Crippen LogP contribution in [0.5, 0.6) is 0 Å². The van der Waals surface area contributed by atoms with Gasteiger partial charge in [-0.15, -0.1) is 12.4 Å². The second-order valence-corrected chi connectivity index (χ2v) is 5.67. The summed E-state index contributed by atoms with van der Waals surface area (Å²) in [6.45, 7) is 2.07. The van der Waals surface area contributed by atoms with E-state index >= 15 is 0 Å². The number of nitrogens with one attached hydrogen (secondary N) is 1. The van der Waals surface area contributed by atoms with E-state index in [0.717, 1.165) is 24.5 Å². The van der Waals surface area contributed by atoms with Gasteiger partial charge in [-0.25, -0.2) is 0 Å². The fraction of sp³-hybridized carbons (Fsp3) is 0.467. The standard InChI is InChI=1S/C15H17N3O.ClH/c1-2-5-11(6-3-1)13-17-14(19-18-13)15-8-4-7-12(15)9-16-10-15;/h1-3,5-6,12,16H,4,7-10H2;1H/t12-,15-;/m0./s1. The third-order valence-corrected chi connectivity index (χ3v) is 4.67. The van der Waals surface area contributed by atoms with Gasteiger partial charge < -0.3 is 9.84 Å². The lowest BCUT2D eigenvalue weighted by molar-refractivity contribution is 0.265. The highest BCUT2D eigenvalue weighted by Gasteiger charge is 2.51. The number of hydrogen-bond acceptors (Lipinski definition) is 4. The van der Waals surface area contributed by atoms with Gasteiger partial charge in [0, 0.05) is 12.1 Å². The van der Waals surface area contributed by atoms with E-state index in [0.29, 0.717) is 11.7 Å². The molecule has 4 nitrogen and oxygen atoms in total. The number of rotatable bonds is 2. The zero-order valence-corrected chi connectivity index (χ0v) is 12.0. The van der Waals surface area contributed by atoms with Crippen molar-refractivity contribution < 1.29 is 4.52 Å². The lowest BCUT2D eigenvalue weighted by atomic mass is 9.80. The average Bonchev–Trinajstić information content (AvgIpc) is 3.14. The van der Waals surface area contributed by atoms with Gasteiger partial charge in [0.05, 0.1) is 5.41 Å². The van der Waals surface area contributed by atoms with Crippen LogP contribution in [0.1, 0.15) is 25.2 Å². The summed E-state index contributed by atoms with van der Waals surface area (Å²) >= 11 is 0. The van der Waals surface area contributed by atoms with E-state index in [1.54, 1.807) is 0 Å². The van der Waals surface area contributed by atoms with Gasteiger partial charge in [0.25, 0.3) is 0 Å². The van der Waals surface area contributed by atoms with Gasteiger partial charge in [-0.2, -0.15) is 4.98 Å². The van der Waals surface area contributed by atoms with Gasteiger partial charge >= 0.3 is 0 Å². The van der Waals surface area contributed by atoms with Gasteiger partial charge in [-0.1, -0.05) is 41.9 Å². The topological polar surface area (TPSA) is 51.0 Å². The van der Waals surface area contributed by atoms with Gasteiger partial charge in [-0.05, 0) is 25.3 Å². The normalized spacial score (nSPS) is 28.1. The van der Waals surface area contributed by atoms with Crippen LogP contribution in [0.15, 0.2) is 34.9 Å². The summed E-state index contributed by atoms with van der Waals surface area (Å²) in [4.78, 5) is 4.68. The molecule has 1 aliphatic heterocycles. The first kappa shape index (κ1) is 13.6. The molecule has 1 N–H and O–H groups in total. The summed E-state index contributed by atoms with van der Waals surface area (Å²) in [5.74, 6) is 2.21. The first-order valence-electron chi connectivity index (χ1n) is 6.99. The lowest BCUT2D eigenvalue weighted by Gasteiger charge is -2.22. The molecule has 2 aromatic rings. The third kappa shape index (κ3) is 1.95. The van der Waals surface area contributed by atoms with Crippen LogP contribution in [0.3, 0.4) is 0 Å². The minimum Gasteiger partial charge on any atom is -0.338 e. The van der Waals surface area contributed by atoms with Crippen LogP contribution < -0.4 is 5.32 Å². The predicted molar refractivity (Wildman–Crippen MR) is 78.9 cm³/mol. The Bertz CT molecular complexity index is 574. The molecule has 0 amide bonds. The van der Waals surface area contributed by atoms with Crippen molar-refractivity contribution in [2.45, 2.75) is 24.7 Å². The number of fused-ring (bicyclic) bond motifs is 1. The lowest BCUT2D eigenvalue weighted by Crippen LogP contribution is -2.31. The maximum Gasteiger partial charge on any atom is 0.234 e. The molecule has 2 aliphatic rings. The van der Waals surface area contributed by atoms with Gasteiger partial charge in [0.1, 0.15) is 0 Å². The Kier molecular flexibility index (Phi) is 3.52. The van der Waals surface area contributed by atoms with Crippen molar-refractivity contribution in [2.75, 3.05) is 13.1 Å². The van der Waals surface area contributed by atoms with Crippen molar-refractivity contribution in [1.29, 1.82) is 0 Å². The molecule has 1 aliphatic carbocycles. The number of hydrogen-bond donors (Lipinski definition) is 1. The Morgan fingerprint density at radius 1 is 1.25 bits per heavy atom. The summed E-state index contributed by atoms with van der Waals surface area (Å²) < 4.78 is 5.61. The molecule has 20 heavy (non-hydrogen) atoms. The van der Waals surface area contributed by atoms with Gasteiger partial charge in [0.2, 0.25) is 11.7 Å². The minimum atomic E-state index is 0. The third-order valence-electron chi connectivity index (χ3n) is 4.67. The second-order valence-electron chi connectivity index (χ2n) is 5.67. The maximum atomic E-state index is 5.61. The summed E-state index contributed by atoms with van der Waals surface area (Å²) in [6.07, 6.45) is 3.71. The first-order valence-corrected chi connectivity index (χ1v) is 6.99. The number of benzene rings is 1. The highest BCUT2D eigenvalue weighted by molar-refractivity contribution is 5.85. The van der Waals surface area contributed by atoms with E-state index in [2.05, 4.69) is 15.5 Å². The number of aromatic nitrogens is 2. The summed E-state index contributed by atoms with van der Waals surface area (Å²) in [7, 11) is 0. The molecule has 0 unspecified atom stereocenters. The van der Waals surface area contributed by atoms with Crippen LogP contribution in [0.2, 0.25) is 0 Å². The van der Waals surface area contributed by atoms with Gasteiger partial charge in [-0.3, -0.25) is 0 Å². The Balaban J connectivity index is 0.00000121. The highest BCUT2D eigenvalue weighted by atomic mass is 35.5. The van der Waals surface area contributed by atoms with E-state index in [4.69, 9.17) is 4.52 Å². The Hall–Kier alpha value is -1.39. The molecular formula is C15H18ClN3O. The summed E-state index contributed by atoms with van der Waals surface area (Å²) in [5, 5.41) is 7.66. The minimum absolute atomic E-state index is 0. The molecule has 0 spiro atoms. The van der Waals surface area contributed by atoms with E-state index in [9.17, 15) is 0 Å². The molecule has 1 aromatic carbocycles. The van der Waals surface area contributed by atoms with E-state index in [1.165, 1.54) is 19.3 Å². The second kappa shape index (κ2) is 5.19. The van der Waals surface area contributed by atoms with E-state index < -0.39 is 0 Å². The molecular weight excluding hydrogens is 274 g/mol. The van der Waals surface area contributed by atoms with Crippen LogP contribution in [0.25, 0.3) is 11.4 Å². The largest absolute Gasteiger partial charge is 0.338 e. The Morgan fingerprint density at radius 3 is 2.95 bits per heavy atom. The molecule has 1 saturated heterocycles. The molecule has 106 valence electrons. The van der Waals surface area contributed by atoms with Crippen molar-refractivity contribution in [3.05, 3.63) is 36.2 Å². The average molecular weight is 292 g/mol. The summed E-state index contributed by atoms with van der Waals surface area (Å²) in [6, 6.07) is 10.0. The molecule has 0 bridgehead atoms. The van der Waals surface area contributed by atoms with Crippen LogP contribution >= 0.6 is 12.4 Å². The highest BCUT2D eigenvalue weighted by Crippen LogP contribution is 2.47. The zero-order valence-electron chi connectivity index (χ0n) is 11.2. The van der Waals surface area contributed by atoms with Crippen LogP contribution in [-0.4, -0.2) is 23.2 Å². The number of nitrogens with zero attached hydrogens (tertiary/aromatic N) is 2. The van der Waals surface area contributed by atoms with Crippen LogP contribution in [-0.2, 0) is 5.41 Å². The molecule has 1 aromatic heterocycles. The fourth-order valence-corrected chi connectivity index (χ4v) is 3.63. The summed E-state index contributed by atoms with van der Waals surface area (Å²) in [5.41, 5.74) is 1.12. The van der Waals surface area contributed by atoms with E-state index in [1.807, 2.05) is 30.3 Å². The molecule has 1 saturated carbocycles. The zero-order chi connectivity index (χ0) is 12.7. The van der Waals surface area contributed by atoms with Crippen LogP contribution in [0, 0.1) is 5.92 Å².